The molecule has 2 atom stereocenters. The molecule has 0 amide bonds. The van der Waals surface area contributed by atoms with Crippen LogP contribution in [0.3, 0.4) is 0 Å². The molecule has 1 aliphatic carbocycles. The Labute approximate surface area is 90.8 Å². The van der Waals surface area contributed by atoms with Crippen LogP contribution in [0.25, 0.3) is 0 Å². The van der Waals surface area contributed by atoms with E-state index in [1.54, 1.807) is 7.11 Å². The van der Waals surface area contributed by atoms with Crippen LogP contribution in [-0.2, 0) is 0 Å². The van der Waals surface area contributed by atoms with Crippen molar-refractivity contribution in [2.75, 3.05) is 20.7 Å². The van der Waals surface area contributed by atoms with Gasteiger partial charge in [-0.05, 0) is 55.6 Å². The lowest BCUT2D eigenvalue weighted by Crippen LogP contribution is -2.28. The minimum Gasteiger partial charge on any atom is -0.497 e. The predicted octanol–water partition coefficient (Wildman–Crippen LogP) is 2.56. The van der Waals surface area contributed by atoms with Crippen molar-refractivity contribution in [1.29, 1.82) is 0 Å². The lowest BCUT2D eigenvalue weighted by molar-refractivity contribution is 0.192. The monoisotopic (exact) mass is 203 g/mol. The molecule has 15 heavy (non-hydrogen) atoms. The maximum absolute atomic E-state index is 5.30. The van der Waals surface area contributed by atoms with Crippen molar-refractivity contribution in [3.8, 4) is 5.75 Å². The maximum atomic E-state index is 5.30. The molecule has 1 aliphatic heterocycles. The Morgan fingerprint density at radius 1 is 1.33 bits per heavy atom. The molecule has 0 saturated carbocycles. The molecule has 0 N–H and O–H groups in total. The molecule has 2 aliphatic rings. The summed E-state index contributed by atoms with van der Waals surface area (Å²) in [4.78, 5) is 2.48. The van der Waals surface area contributed by atoms with Crippen LogP contribution < -0.4 is 4.74 Å². The molecule has 0 spiro atoms. The number of likely N-dealkylation sites (tertiary alicyclic amines) is 1. The molecule has 1 heterocycles. The van der Waals surface area contributed by atoms with Gasteiger partial charge in [-0.15, -0.1) is 0 Å². The van der Waals surface area contributed by atoms with Gasteiger partial charge in [0.25, 0.3) is 0 Å². The molecule has 2 heteroatoms. The van der Waals surface area contributed by atoms with Crippen LogP contribution in [0.5, 0.6) is 5.75 Å². The largest absolute Gasteiger partial charge is 0.497 e. The van der Waals surface area contributed by atoms with E-state index in [-0.39, 0.29) is 0 Å². The lowest BCUT2D eigenvalue weighted by atomic mass is 9.96. The number of methoxy groups -OCH3 is 1. The molecule has 1 fully saturated rings. The third kappa shape index (κ3) is 1.28. The third-order valence-electron chi connectivity index (χ3n) is 3.96. The Morgan fingerprint density at radius 2 is 2.20 bits per heavy atom. The number of rotatable bonds is 1. The zero-order valence-electron chi connectivity index (χ0n) is 9.36. The van der Waals surface area contributed by atoms with Gasteiger partial charge in [-0.25, -0.2) is 0 Å². The summed E-state index contributed by atoms with van der Waals surface area (Å²) < 4.78 is 5.30. The average Bonchev–Trinajstić information content (AvgIpc) is 2.58. The zero-order chi connectivity index (χ0) is 10.4. The van der Waals surface area contributed by atoms with Gasteiger partial charge in [0.1, 0.15) is 5.75 Å². The highest BCUT2D eigenvalue weighted by Gasteiger charge is 2.37. The molecule has 80 valence electrons. The summed E-state index contributed by atoms with van der Waals surface area (Å²) >= 11 is 0. The van der Waals surface area contributed by atoms with Crippen LogP contribution in [0.4, 0.5) is 0 Å². The Bertz CT molecular complexity index is 388. The van der Waals surface area contributed by atoms with Gasteiger partial charge in [0.15, 0.2) is 0 Å². The molecular formula is C13H17NO. The van der Waals surface area contributed by atoms with E-state index in [9.17, 15) is 0 Å². The average molecular weight is 203 g/mol. The number of benzene rings is 1. The summed E-state index contributed by atoms with van der Waals surface area (Å²) in [5, 5.41) is 0. The van der Waals surface area contributed by atoms with E-state index in [2.05, 4.69) is 30.1 Å². The predicted molar refractivity (Wildman–Crippen MR) is 60.3 cm³/mol. The second-order valence-corrected chi connectivity index (χ2v) is 4.71. The molecule has 0 unspecified atom stereocenters. The topological polar surface area (TPSA) is 12.5 Å². The van der Waals surface area contributed by atoms with Gasteiger partial charge in [0, 0.05) is 6.04 Å². The summed E-state index contributed by atoms with van der Waals surface area (Å²) in [5.41, 5.74) is 3.06. The summed E-state index contributed by atoms with van der Waals surface area (Å²) in [6.45, 7) is 1.23. The first-order chi connectivity index (χ1) is 7.29. The fourth-order valence-corrected chi connectivity index (χ4v) is 3.07. The third-order valence-corrected chi connectivity index (χ3v) is 3.96. The zero-order valence-corrected chi connectivity index (χ0v) is 9.36. The van der Waals surface area contributed by atoms with E-state index in [4.69, 9.17) is 4.74 Å². The van der Waals surface area contributed by atoms with Crippen molar-refractivity contribution in [2.45, 2.75) is 24.8 Å². The number of hydrogen-bond acceptors (Lipinski definition) is 2. The van der Waals surface area contributed by atoms with E-state index < -0.39 is 0 Å². The van der Waals surface area contributed by atoms with Crippen LogP contribution >= 0.6 is 0 Å². The van der Waals surface area contributed by atoms with Gasteiger partial charge in [0.2, 0.25) is 0 Å². The van der Waals surface area contributed by atoms with Gasteiger partial charge < -0.3 is 4.74 Å². The quantitative estimate of drug-likeness (QED) is 0.695. The lowest BCUT2D eigenvalue weighted by Gasteiger charge is -2.29. The van der Waals surface area contributed by atoms with Crippen LogP contribution in [0, 0.1) is 0 Å². The number of nitrogens with zero attached hydrogens (tertiary/aromatic N) is 1. The van der Waals surface area contributed by atoms with Gasteiger partial charge in [-0.1, -0.05) is 6.07 Å². The molecule has 2 nitrogen and oxygen atoms in total. The highest BCUT2D eigenvalue weighted by Crippen LogP contribution is 2.48. The van der Waals surface area contributed by atoms with Crippen LogP contribution in [0.2, 0.25) is 0 Å². The van der Waals surface area contributed by atoms with Crippen molar-refractivity contribution < 1.29 is 4.74 Å². The van der Waals surface area contributed by atoms with Gasteiger partial charge in [-0.3, -0.25) is 4.90 Å². The van der Waals surface area contributed by atoms with Gasteiger partial charge in [0.05, 0.1) is 7.11 Å². The van der Waals surface area contributed by atoms with Crippen LogP contribution in [-0.4, -0.2) is 25.6 Å². The Morgan fingerprint density at radius 3 is 3.00 bits per heavy atom. The fourth-order valence-electron chi connectivity index (χ4n) is 3.07. The van der Waals surface area contributed by atoms with E-state index in [0.717, 1.165) is 11.7 Å². The van der Waals surface area contributed by atoms with Crippen molar-refractivity contribution in [3.05, 3.63) is 29.3 Å². The first-order valence-electron chi connectivity index (χ1n) is 5.67. The molecule has 1 aromatic carbocycles. The SMILES string of the molecule is COc1ccc2c(c1)[C@@H]1CCN(C)[C@H]2C1. The smallest absolute Gasteiger partial charge is 0.119 e. The Kier molecular flexibility index (Phi) is 1.99. The van der Waals surface area contributed by atoms with Gasteiger partial charge >= 0.3 is 0 Å². The first-order valence-corrected chi connectivity index (χ1v) is 5.67. The van der Waals surface area contributed by atoms with Crippen LogP contribution in [0.1, 0.15) is 35.9 Å². The molecule has 2 bridgehead atoms. The van der Waals surface area contributed by atoms with Crippen molar-refractivity contribution in [3.63, 3.8) is 0 Å². The number of ether oxygens (including phenoxy) is 1. The Balaban J connectivity index is 2.07. The van der Waals surface area contributed by atoms with Crippen molar-refractivity contribution >= 4 is 0 Å². The standard InChI is InChI=1S/C13H17NO/c1-14-6-5-9-7-13(14)11-4-3-10(15-2)8-12(9)11/h3-4,8-9,13H,5-7H2,1-2H3/t9-,13+/m1/s1. The molecule has 3 rings (SSSR count). The molecule has 1 aromatic rings. The number of piperidine rings is 1. The van der Waals surface area contributed by atoms with Gasteiger partial charge in [-0.2, -0.15) is 0 Å². The Hall–Kier alpha value is -1.02. The van der Waals surface area contributed by atoms with E-state index in [0.29, 0.717) is 6.04 Å². The maximum Gasteiger partial charge on any atom is 0.119 e. The van der Waals surface area contributed by atoms with E-state index in [1.807, 2.05) is 0 Å². The van der Waals surface area contributed by atoms with E-state index in [1.165, 1.54) is 30.5 Å². The normalized spacial score (nSPS) is 28.9. The molecule has 0 radical (unpaired) electrons. The first kappa shape index (κ1) is 9.22. The van der Waals surface area contributed by atoms with Crippen molar-refractivity contribution in [1.82, 2.24) is 4.90 Å². The second kappa shape index (κ2) is 3.24. The van der Waals surface area contributed by atoms with Crippen molar-refractivity contribution in [2.24, 2.45) is 0 Å². The molecule has 1 saturated heterocycles. The molecule has 0 aromatic heterocycles. The fraction of sp³-hybridized carbons (Fsp3) is 0.538. The highest BCUT2D eigenvalue weighted by molar-refractivity contribution is 5.44. The van der Waals surface area contributed by atoms with E-state index >= 15 is 0 Å². The summed E-state index contributed by atoms with van der Waals surface area (Å²) in [7, 11) is 3.98. The number of hydrogen-bond donors (Lipinski definition) is 0. The summed E-state index contributed by atoms with van der Waals surface area (Å²) in [5.74, 6) is 1.78. The minimum absolute atomic E-state index is 0.657. The second-order valence-electron chi connectivity index (χ2n) is 4.71. The van der Waals surface area contributed by atoms with Crippen LogP contribution in [0.15, 0.2) is 18.2 Å². The molecular weight excluding hydrogens is 186 g/mol. The highest BCUT2D eigenvalue weighted by atomic mass is 16.5. The number of fused-ring (bicyclic) bond motifs is 5. The summed E-state index contributed by atoms with van der Waals surface area (Å²) in [6, 6.07) is 7.23. The summed E-state index contributed by atoms with van der Waals surface area (Å²) in [6.07, 6.45) is 2.60. The minimum atomic E-state index is 0.657.